The number of hydrogen-bond acceptors (Lipinski definition) is 3. The first kappa shape index (κ1) is 13.3. The highest BCUT2D eigenvalue weighted by molar-refractivity contribution is 5.31. The second-order valence-electron chi connectivity index (χ2n) is 4.73. The second kappa shape index (κ2) is 5.69. The van der Waals surface area contributed by atoms with Crippen LogP contribution in [0, 0.1) is 0 Å². The molecule has 1 aromatic carbocycles. The third-order valence-corrected chi connectivity index (χ3v) is 2.81. The summed E-state index contributed by atoms with van der Waals surface area (Å²) in [6, 6.07) is 9.15. The Hall–Kier alpha value is -2.10. The first-order valence-electron chi connectivity index (χ1n) is 6.46. The summed E-state index contributed by atoms with van der Waals surface area (Å²) in [4.78, 5) is 18.6. The van der Waals surface area contributed by atoms with Gasteiger partial charge in [-0.25, -0.2) is 0 Å². The molecule has 1 N–H and O–H groups in total. The van der Waals surface area contributed by atoms with E-state index >= 15 is 0 Å². The predicted molar refractivity (Wildman–Crippen MR) is 74.8 cm³/mol. The minimum Gasteiger partial charge on any atom is -0.439 e. The van der Waals surface area contributed by atoms with Crippen LogP contribution in [-0.2, 0) is 6.42 Å². The molecular formula is C15H18N2O2. The van der Waals surface area contributed by atoms with Crippen molar-refractivity contribution in [2.75, 3.05) is 0 Å². The summed E-state index contributed by atoms with van der Waals surface area (Å²) in [7, 11) is 0. The lowest BCUT2D eigenvalue weighted by atomic mass is 10.2. The van der Waals surface area contributed by atoms with Gasteiger partial charge in [0.05, 0.1) is 6.07 Å². The highest BCUT2D eigenvalue weighted by Crippen LogP contribution is 2.20. The Kier molecular flexibility index (Phi) is 4.00. The van der Waals surface area contributed by atoms with Crippen molar-refractivity contribution in [3.63, 3.8) is 0 Å². The van der Waals surface area contributed by atoms with Crippen LogP contribution in [0.4, 0.5) is 0 Å². The quantitative estimate of drug-likeness (QED) is 0.915. The second-order valence-corrected chi connectivity index (χ2v) is 4.73. The molecular weight excluding hydrogens is 240 g/mol. The summed E-state index contributed by atoms with van der Waals surface area (Å²) in [6.45, 7) is 6.03. The molecule has 0 aliphatic heterocycles. The van der Waals surface area contributed by atoms with Gasteiger partial charge in [-0.2, -0.15) is 4.98 Å². The molecule has 4 nitrogen and oxygen atoms in total. The molecule has 0 aliphatic rings. The van der Waals surface area contributed by atoms with Gasteiger partial charge in [-0.3, -0.25) is 4.79 Å². The topological polar surface area (TPSA) is 55.0 Å². The van der Waals surface area contributed by atoms with Gasteiger partial charge in [0.2, 0.25) is 5.88 Å². The van der Waals surface area contributed by atoms with E-state index in [1.54, 1.807) is 0 Å². The standard InChI is InChI=1S/C15H18N2O2/c1-4-11-6-5-7-12(8-11)19-14-9-13(18)16-15(17-14)10(2)3/h5-10H,4H2,1-3H3,(H,16,17,18). The lowest BCUT2D eigenvalue weighted by Crippen LogP contribution is -2.11. The maximum Gasteiger partial charge on any atom is 0.254 e. The molecule has 0 unspecified atom stereocenters. The molecule has 0 amide bonds. The van der Waals surface area contributed by atoms with E-state index in [9.17, 15) is 4.79 Å². The van der Waals surface area contributed by atoms with Crippen molar-refractivity contribution < 1.29 is 4.74 Å². The van der Waals surface area contributed by atoms with Crippen molar-refractivity contribution in [2.24, 2.45) is 0 Å². The number of nitrogens with one attached hydrogen (secondary N) is 1. The first-order chi connectivity index (χ1) is 9.08. The molecule has 1 heterocycles. The highest BCUT2D eigenvalue weighted by Gasteiger charge is 2.07. The van der Waals surface area contributed by atoms with Crippen molar-refractivity contribution in [1.82, 2.24) is 9.97 Å². The Morgan fingerprint density at radius 1 is 1.32 bits per heavy atom. The van der Waals surface area contributed by atoms with Crippen LogP contribution in [0.15, 0.2) is 35.1 Å². The van der Waals surface area contributed by atoms with Gasteiger partial charge in [0.25, 0.3) is 5.56 Å². The van der Waals surface area contributed by atoms with E-state index in [2.05, 4.69) is 16.9 Å². The maximum atomic E-state index is 11.6. The van der Waals surface area contributed by atoms with Crippen molar-refractivity contribution in [2.45, 2.75) is 33.1 Å². The molecule has 19 heavy (non-hydrogen) atoms. The van der Waals surface area contributed by atoms with E-state index in [1.165, 1.54) is 11.6 Å². The summed E-state index contributed by atoms with van der Waals surface area (Å²) >= 11 is 0. The number of rotatable bonds is 4. The summed E-state index contributed by atoms with van der Waals surface area (Å²) in [5.41, 5.74) is 0.992. The van der Waals surface area contributed by atoms with Crippen molar-refractivity contribution in [3.05, 3.63) is 52.1 Å². The van der Waals surface area contributed by atoms with Gasteiger partial charge in [-0.05, 0) is 24.1 Å². The number of ether oxygens (including phenoxy) is 1. The normalized spacial score (nSPS) is 10.7. The molecule has 100 valence electrons. The van der Waals surface area contributed by atoms with E-state index in [-0.39, 0.29) is 11.5 Å². The van der Waals surface area contributed by atoms with Gasteiger partial charge in [0.1, 0.15) is 11.6 Å². The zero-order valence-electron chi connectivity index (χ0n) is 11.4. The molecule has 0 saturated heterocycles. The number of benzene rings is 1. The van der Waals surface area contributed by atoms with Gasteiger partial charge < -0.3 is 9.72 Å². The van der Waals surface area contributed by atoms with Crippen LogP contribution in [0.2, 0.25) is 0 Å². The maximum absolute atomic E-state index is 11.6. The Morgan fingerprint density at radius 3 is 2.79 bits per heavy atom. The molecule has 0 fully saturated rings. The molecule has 0 radical (unpaired) electrons. The minimum atomic E-state index is -0.194. The van der Waals surface area contributed by atoms with Gasteiger partial charge in [0.15, 0.2) is 0 Å². The average Bonchev–Trinajstić information content (AvgIpc) is 2.38. The van der Waals surface area contributed by atoms with E-state index in [0.717, 1.165) is 6.42 Å². The number of aryl methyl sites for hydroxylation is 1. The molecule has 0 bridgehead atoms. The molecule has 2 aromatic rings. The fraction of sp³-hybridized carbons (Fsp3) is 0.333. The first-order valence-corrected chi connectivity index (χ1v) is 6.46. The van der Waals surface area contributed by atoms with Gasteiger partial charge in [-0.15, -0.1) is 0 Å². The van der Waals surface area contributed by atoms with E-state index in [0.29, 0.717) is 17.5 Å². The molecule has 2 rings (SSSR count). The number of hydrogen-bond donors (Lipinski definition) is 1. The summed E-state index contributed by atoms with van der Waals surface area (Å²) in [6.07, 6.45) is 0.942. The predicted octanol–water partition coefficient (Wildman–Crippen LogP) is 3.25. The largest absolute Gasteiger partial charge is 0.439 e. The third-order valence-electron chi connectivity index (χ3n) is 2.81. The number of nitrogens with zero attached hydrogens (tertiary/aromatic N) is 1. The van der Waals surface area contributed by atoms with Gasteiger partial charge in [-0.1, -0.05) is 32.9 Å². The zero-order chi connectivity index (χ0) is 13.8. The van der Waals surface area contributed by atoms with E-state index < -0.39 is 0 Å². The van der Waals surface area contributed by atoms with Crippen LogP contribution in [0.25, 0.3) is 0 Å². The van der Waals surface area contributed by atoms with E-state index in [1.807, 2.05) is 38.1 Å². The van der Waals surface area contributed by atoms with Crippen LogP contribution >= 0.6 is 0 Å². The van der Waals surface area contributed by atoms with Crippen molar-refractivity contribution in [1.29, 1.82) is 0 Å². The summed E-state index contributed by atoms with van der Waals surface area (Å²) in [5.74, 6) is 1.82. The molecule has 0 aliphatic carbocycles. The lowest BCUT2D eigenvalue weighted by molar-refractivity contribution is 0.455. The summed E-state index contributed by atoms with van der Waals surface area (Å²) < 4.78 is 5.66. The fourth-order valence-electron chi connectivity index (χ4n) is 1.73. The summed E-state index contributed by atoms with van der Waals surface area (Å²) in [5, 5.41) is 0. The number of aromatic amines is 1. The van der Waals surface area contributed by atoms with Crippen molar-refractivity contribution in [3.8, 4) is 11.6 Å². The molecule has 0 saturated carbocycles. The molecule has 4 heteroatoms. The Morgan fingerprint density at radius 2 is 2.11 bits per heavy atom. The van der Waals surface area contributed by atoms with Crippen LogP contribution < -0.4 is 10.3 Å². The monoisotopic (exact) mass is 258 g/mol. The number of aromatic nitrogens is 2. The highest BCUT2D eigenvalue weighted by atomic mass is 16.5. The SMILES string of the molecule is CCc1cccc(Oc2cc(=O)[nH]c(C(C)C)n2)c1. The number of H-pyrrole nitrogens is 1. The van der Waals surface area contributed by atoms with Crippen LogP contribution in [0.3, 0.4) is 0 Å². The lowest BCUT2D eigenvalue weighted by Gasteiger charge is -2.08. The third kappa shape index (κ3) is 3.44. The van der Waals surface area contributed by atoms with Gasteiger partial charge in [0, 0.05) is 5.92 Å². The molecule has 1 aromatic heterocycles. The van der Waals surface area contributed by atoms with Crippen LogP contribution in [0.1, 0.15) is 38.1 Å². The Balaban J connectivity index is 2.29. The zero-order valence-corrected chi connectivity index (χ0v) is 11.4. The van der Waals surface area contributed by atoms with E-state index in [4.69, 9.17) is 4.74 Å². The Labute approximate surface area is 112 Å². The Bertz CT molecular complexity index is 618. The smallest absolute Gasteiger partial charge is 0.254 e. The van der Waals surface area contributed by atoms with Crippen molar-refractivity contribution >= 4 is 0 Å². The molecule has 0 spiro atoms. The fourth-order valence-corrected chi connectivity index (χ4v) is 1.73. The van der Waals surface area contributed by atoms with Crippen LogP contribution in [0.5, 0.6) is 11.6 Å². The average molecular weight is 258 g/mol. The van der Waals surface area contributed by atoms with Crippen LogP contribution in [-0.4, -0.2) is 9.97 Å². The molecule has 0 atom stereocenters. The minimum absolute atomic E-state index is 0.151. The van der Waals surface area contributed by atoms with Gasteiger partial charge >= 0.3 is 0 Å².